The minimum Gasteiger partial charge on any atom is -0.479 e. The number of nitrogens with zero attached hydrogens (tertiary/aromatic N) is 2. The first-order valence-electron chi connectivity index (χ1n) is 8.94. The number of carboxylic acids is 1. The highest BCUT2D eigenvalue weighted by atomic mass is 35.5. The van der Waals surface area contributed by atoms with Crippen LogP contribution in [0.5, 0.6) is 0 Å². The maximum Gasteiger partial charge on any atom is 0.331 e. The standard InChI is InChI=1S/C20H18ClN3O4/c21-16-6-5-13(23-10-8-22-20(23)28)11-15(16)18(25)24-9-7-12-3-1-2-4-14(12)17(24)19(26)27/h1-6,11,17H,7-10H2,(H,22,28)(H,26,27). The predicted molar refractivity (Wildman–Crippen MR) is 104 cm³/mol. The van der Waals surface area contributed by atoms with Gasteiger partial charge in [-0.05, 0) is 35.7 Å². The van der Waals surface area contributed by atoms with Crippen LogP contribution >= 0.6 is 11.6 Å². The number of anilines is 1. The Morgan fingerprint density at radius 2 is 1.93 bits per heavy atom. The second kappa shape index (κ2) is 7.16. The van der Waals surface area contributed by atoms with Crippen molar-refractivity contribution < 1.29 is 19.5 Å². The van der Waals surface area contributed by atoms with Crippen LogP contribution in [0.1, 0.15) is 27.5 Å². The van der Waals surface area contributed by atoms with E-state index in [2.05, 4.69) is 5.32 Å². The van der Waals surface area contributed by atoms with Gasteiger partial charge in [0.1, 0.15) is 0 Å². The third-order valence-corrected chi connectivity index (χ3v) is 5.46. The van der Waals surface area contributed by atoms with Crippen molar-refractivity contribution in [3.05, 3.63) is 64.2 Å². The lowest BCUT2D eigenvalue weighted by molar-refractivity contribution is -0.143. The molecule has 0 saturated carbocycles. The second-order valence-electron chi connectivity index (χ2n) is 6.74. The van der Waals surface area contributed by atoms with Gasteiger partial charge in [0.25, 0.3) is 5.91 Å². The fraction of sp³-hybridized carbons (Fsp3) is 0.250. The van der Waals surface area contributed by atoms with Gasteiger partial charge < -0.3 is 15.3 Å². The minimum atomic E-state index is -1.09. The number of fused-ring (bicyclic) bond motifs is 1. The number of nitrogens with one attached hydrogen (secondary N) is 1. The van der Waals surface area contributed by atoms with E-state index in [0.717, 1.165) is 5.56 Å². The number of hydrogen-bond acceptors (Lipinski definition) is 3. The molecule has 7 nitrogen and oxygen atoms in total. The largest absolute Gasteiger partial charge is 0.479 e. The SMILES string of the molecule is O=C(O)C1c2ccccc2CCN1C(=O)c1cc(N2CCNC2=O)ccc1Cl. The third kappa shape index (κ3) is 3.07. The number of aliphatic carboxylic acids is 1. The van der Waals surface area contributed by atoms with Gasteiger partial charge in [-0.3, -0.25) is 9.69 Å². The molecule has 1 fully saturated rings. The van der Waals surface area contributed by atoms with Gasteiger partial charge in [0.15, 0.2) is 6.04 Å². The highest BCUT2D eigenvalue weighted by Gasteiger charge is 2.37. The monoisotopic (exact) mass is 399 g/mol. The van der Waals surface area contributed by atoms with Gasteiger partial charge in [-0.25, -0.2) is 9.59 Å². The number of carbonyl (C=O) groups excluding carboxylic acids is 2. The van der Waals surface area contributed by atoms with E-state index >= 15 is 0 Å². The Labute approximate surface area is 166 Å². The van der Waals surface area contributed by atoms with E-state index in [1.807, 2.05) is 12.1 Å². The van der Waals surface area contributed by atoms with E-state index in [1.54, 1.807) is 30.3 Å². The van der Waals surface area contributed by atoms with Gasteiger partial charge in [0.2, 0.25) is 0 Å². The van der Waals surface area contributed by atoms with E-state index in [0.29, 0.717) is 30.8 Å². The summed E-state index contributed by atoms with van der Waals surface area (Å²) in [5, 5.41) is 12.7. The van der Waals surface area contributed by atoms with Crippen molar-refractivity contribution in [2.24, 2.45) is 0 Å². The molecule has 2 aliphatic heterocycles. The topological polar surface area (TPSA) is 89.9 Å². The Bertz CT molecular complexity index is 978. The molecule has 0 bridgehead atoms. The number of carbonyl (C=O) groups is 3. The number of carboxylic acid groups (broad SMARTS) is 1. The van der Waals surface area contributed by atoms with Crippen LogP contribution in [0.25, 0.3) is 0 Å². The molecular weight excluding hydrogens is 382 g/mol. The summed E-state index contributed by atoms with van der Waals surface area (Å²) >= 11 is 6.27. The quantitative estimate of drug-likeness (QED) is 0.830. The molecule has 0 aromatic heterocycles. The van der Waals surface area contributed by atoms with Gasteiger partial charge in [-0.2, -0.15) is 0 Å². The molecule has 1 saturated heterocycles. The van der Waals surface area contributed by atoms with E-state index < -0.39 is 17.9 Å². The molecule has 2 aliphatic rings. The second-order valence-corrected chi connectivity index (χ2v) is 7.14. The molecule has 144 valence electrons. The van der Waals surface area contributed by atoms with Crippen LogP contribution in [0.3, 0.4) is 0 Å². The van der Waals surface area contributed by atoms with E-state index in [1.165, 1.54) is 9.80 Å². The molecule has 2 aromatic carbocycles. The number of rotatable bonds is 3. The van der Waals surface area contributed by atoms with Gasteiger partial charge in [-0.1, -0.05) is 35.9 Å². The van der Waals surface area contributed by atoms with Gasteiger partial charge in [0, 0.05) is 25.3 Å². The van der Waals surface area contributed by atoms with Crippen molar-refractivity contribution in [3.8, 4) is 0 Å². The molecule has 1 atom stereocenters. The fourth-order valence-corrected chi connectivity index (χ4v) is 3.97. The molecule has 1 unspecified atom stereocenters. The van der Waals surface area contributed by atoms with Crippen molar-refractivity contribution in [2.75, 3.05) is 24.5 Å². The first-order valence-corrected chi connectivity index (χ1v) is 9.31. The maximum absolute atomic E-state index is 13.3. The molecule has 2 aromatic rings. The molecule has 0 spiro atoms. The summed E-state index contributed by atoms with van der Waals surface area (Å²) in [5.41, 5.74) is 2.27. The van der Waals surface area contributed by atoms with Crippen LogP contribution in [0.15, 0.2) is 42.5 Å². The van der Waals surface area contributed by atoms with Gasteiger partial charge in [0.05, 0.1) is 10.6 Å². The van der Waals surface area contributed by atoms with Crippen molar-refractivity contribution in [1.82, 2.24) is 10.2 Å². The lowest BCUT2D eigenvalue weighted by Crippen LogP contribution is -2.43. The van der Waals surface area contributed by atoms with Crippen LogP contribution < -0.4 is 10.2 Å². The van der Waals surface area contributed by atoms with E-state index in [4.69, 9.17) is 11.6 Å². The van der Waals surface area contributed by atoms with Crippen LogP contribution in [-0.2, 0) is 11.2 Å². The third-order valence-electron chi connectivity index (χ3n) is 5.13. The Kier molecular flexibility index (Phi) is 4.68. The van der Waals surface area contributed by atoms with Gasteiger partial charge in [-0.15, -0.1) is 0 Å². The average molecular weight is 400 g/mol. The maximum atomic E-state index is 13.3. The highest BCUT2D eigenvalue weighted by Crippen LogP contribution is 2.33. The molecule has 2 heterocycles. The molecule has 8 heteroatoms. The van der Waals surface area contributed by atoms with Crippen LogP contribution in [0.4, 0.5) is 10.5 Å². The van der Waals surface area contributed by atoms with Crippen LogP contribution in [0, 0.1) is 0 Å². The zero-order chi connectivity index (χ0) is 19.8. The number of amides is 3. The summed E-state index contributed by atoms with van der Waals surface area (Å²) in [5.74, 6) is -1.56. The Morgan fingerprint density at radius 1 is 1.14 bits per heavy atom. The van der Waals surface area contributed by atoms with Crippen molar-refractivity contribution in [1.29, 1.82) is 0 Å². The summed E-state index contributed by atoms with van der Waals surface area (Å²) in [6, 6.07) is 10.7. The summed E-state index contributed by atoms with van der Waals surface area (Å²) < 4.78 is 0. The molecule has 0 radical (unpaired) electrons. The molecular formula is C20H18ClN3O4. The zero-order valence-electron chi connectivity index (χ0n) is 14.9. The Balaban J connectivity index is 1.71. The van der Waals surface area contributed by atoms with Crippen molar-refractivity contribution in [3.63, 3.8) is 0 Å². The van der Waals surface area contributed by atoms with Crippen LogP contribution in [-0.4, -0.2) is 47.5 Å². The number of hydrogen-bond donors (Lipinski definition) is 2. The Hall–Kier alpha value is -3.06. The first kappa shape index (κ1) is 18.3. The zero-order valence-corrected chi connectivity index (χ0v) is 15.6. The lowest BCUT2D eigenvalue weighted by atomic mass is 9.92. The van der Waals surface area contributed by atoms with Crippen LogP contribution in [0.2, 0.25) is 5.02 Å². The summed E-state index contributed by atoms with van der Waals surface area (Å²) in [7, 11) is 0. The number of benzene rings is 2. The normalized spacial score (nSPS) is 18.6. The number of halogens is 1. The van der Waals surface area contributed by atoms with E-state index in [-0.39, 0.29) is 23.2 Å². The fourth-order valence-electron chi connectivity index (χ4n) is 3.77. The predicted octanol–water partition coefficient (Wildman–Crippen LogP) is 2.69. The molecule has 3 amide bonds. The summed E-state index contributed by atoms with van der Waals surface area (Å²) in [4.78, 5) is 40.0. The van der Waals surface area contributed by atoms with Crippen molar-refractivity contribution >= 4 is 35.2 Å². The molecule has 4 rings (SSSR count). The first-order chi connectivity index (χ1) is 13.5. The highest BCUT2D eigenvalue weighted by molar-refractivity contribution is 6.34. The van der Waals surface area contributed by atoms with Gasteiger partial charge >= 0.3 is 12.0 Å². The Morgan fingerprint density at radius 3 is 2.64 bits per heavy atom. The molecule has 2 N–H and O–H groups in total. The lowest BCUT2D eigenvalue weighted by Gasteiger charge is -2.35. The molecule has 28 heavy (non-hydrogen) atoms. The smallest absolute Gasteiger partial charge is 0.331 e. The number of urea groups is 1. The summed E-state index contributed by atoms with van der Waals surface area (Å²) in [6.07, 6.45) is 0.567. The minimum absolute atomic E-state index is 0.185. The van der Waals surface area contributed by atoms with E-state index in [9.17, 15) is 19.5 Å². The molecule has 0 aliphatic carbocycles. The van der Waals surface area contributed by atoms with Crippen molar-refractivity contribution in [2.45, 2.75) is 12.5 Å². The average Bonchev–Trinajstić information content (AvgIpc) is 3.12. The summed E-state index contributed by atoms with van der Waals surface area (Å²) in [6.45, 7) is 1.29.